The molecule has 1 aromatic rings. The SMILES string of the molecule is Cl.OCCNc1ncc(C(F)(F)F)cc1Cl. The largest absolute Gasteiger partial charge is 0.417 e. The first kappa shape index (κ1) is 15.3. The standard InChI is InChI=1S/C8H8ClF3N2O.ClH/c9-6-3-5(8(10,11)12)4-14-7(6)13-1-2-15;/h3-4,15H,1-2H2,(H,13,14);1H. The van der Waals surface area contributed by atoms with Crippen LogP contribution in [0, 0.1) is 0 Å². The van der Waals surface area contributed by atoms with Crippen LogP contribution in [0.3, 0.4) is 0 Å². The van der Waals surface area contributed by atoms with Crippen LogP contribution in [-0.4, -0.2) is 23.2 Å². The highest BCUT2D eigenvalue weighted by Crippen LogP contribution is 2.32. The van der Waals surface area contributed by atoms with Gasteiger partial charge in [-0.3, -0.25) is 0 Å². The molecule has 1 heterocycles. The molecule has 0 bridgehead atoms. The van der Waals surface area contributed by atoms with E-state index in [1.54, 1.807) is 0 Å². The Balaban J connectivity index is 0.00000225. The van der Waals surface area contributed by atoms with Crippen LogP contribution in [-0.2, 0) is 6.18 Å². The van der Waals surface area contributed by atoms with Gasteiger partial charge in [-0.05, 0) is 6.07 Å². The van der Waals surface area contributed by atoms with E-state index in [-0.39, 0.29) is 36.4 Å². The number of pyridine rings is 1. The predicted molar refractivity (Wildman–Crippen MR) is 57.1 cm³/mol. The number of alkyl halides is 3. The Labute approximate surface area is 101 Å². The summed E-state index contributed by atoms with van der Waals surface area (Å²) < 4.78 is 36.6. The lowest BCUT2D eigenvalue weighted by molar-refractivity contribution is -0.137. The molecule has 0 spiro atoms. The van der Waals surface area contributed by atoms with Crippen LogP contribution in [0.1, 0.15) is 5.56 Å². The summed E-state index contributed by atoms with van der Waals surface area (Å²) in [6.07, 6.45) is -3.77. The molecular weight excluding hydrogens is 268 g/mol. The van der Waals surface area contributed by atoms with E-state index in [1.807, 2.05) is 0 Å². The van der Waals surface area contributed by atoms with Gasteiger partial charge in [-0.2, -0.15) is 13.2 Å². The average Bonchev–Trinajstić information content (AvgIpc) is 2.14. The Hall–Kier alpha value is -0.720. The highest BCUT2D eigenvalue weighted by Gasteiger charge is 2.31. The van der Waals surface area contributed by atoms with Gasteiger partial charge in [0.05, 0.1) is 17.2 Å². The molecule has 3 nitrogen and oxygen atoms in total. The molecule has 0 aromatic carbocycles. The molecule has 0 saturated heterocycles. The third kappa shape index (κ3) is 4.03. The summed E-state index contributed by atoms with van der Waals surface area (Å²) in [6.45, 7) is 0.0249. The Morgan fingerprint density at radius 3 is 2.50 bits per heavy atom. The number of hydrogen-bond acceptors (Lipinski definition) is 3. The molecule has 8 heteroatoms. The van der Waals surface area contributed by atoms with Gasteiger partial charge in [0, 0.05) is 12.7 Å². The summed E-state index contributed by atoms with van der Waals surface area (Å²) in [5.74, 6) is 0.124. The molecule has 0 radical (unpaired) electrons. The summed E-state index contributed by atoms with van der Waals surface area (Å²) in [7, 11) is 0. The van der Waals surface area contributed by atoms with Crippen molar-refractivity contribution < 1.29 is 18.3 Å². The molecule has 92 valence electrons. The molecule has 1 aromatic heterocycles. The van der Waals surface area contributed by atoms with Crippen LogP contribution in [0.5, 0.6) is 0 Å². The van der Waals surface area contributed by atoms with Crippen molar-refractivity contribution >= 4 is 29.8 Å². The topological polar surface area (TPSA) is 45.1 Å². The minimum absolute atomic E-state index is 0. The number of aliphatic hydroxyl groups excluding tert-OH is 1. The van der Waals surface area contributed by atoms with Crippen LogP contribution in [0.25, 0.3) is 0 Å². The number of nitrogens with zero attached hydrogens (tertiary/aromatic N) is 1. The Morgan fingerprint density at radius 1 is 1.44 bits per heavy atom. The summed E-state index contributed by atoms with van der Waals surface area (Å²) in [6, 6.07) is 0.786. The number of hydrogen-bond donors (Lipinski definition) is 2. The van der Waals surface area contributed by atoms with Gasteiger partial charge < -0.3 is 10.4 Å². The first-order valence-electron chi connectivity index (χ1n) is 4.02. The lowest BCUT2D eigenvalue weighted by Crippen LogP contribution is -2.10. The van der Waals surface area contributed by atoms with Crippen molar-refractivity contribution in [1.82, 2.24) is 4.98 Å². The van der Waals surface area contributed by atoms with Crippen LogP contribution in [0.2, 0.25) is 5.02 Å². The zero-order valence-electron chi connectivity index (χ0n) is 7.88. The Bertz CT molecular complexity index is 347. The fraction of sp³-hybridized carbons (Fsp3) is 0.375. The maximum absolute atomic E-state index is 12.2. The molecule has 0 amide bonds. The van der Waals surface area contributed by atoms with E-state index in [0.29, 0.717) is 6.20 Å². The van der Waals surface area contributed by atoms with Crippen molar-refractivity contribution in [2.75, 3.05) is 18.5 Å². The van der Waals surface area contributed by atoms with Crippen molar-refractivity contribution in [1.29, 1.82) is 0 Å². The van der Waals surface area contributed by atoms with E-state index >= 15 is 0 Å². The molecule has 0 fully saturated rings. The van der Waals surface area contributed by atoms with Gasteiger partial charge in [-0.1, -0.05) is 11.6 Å². The van der Waals surface area contributed by atoms with E-state index in [2.05, 4.69) is 10.3 Å². The van der Waals surface area contributed by atoms with Crippen molar-refractivity contribution in [3.8, 4) is 0 Å². The first-order chi connectivity index (χ1) is 6.95. The summed E-state index contributed by atoms with van der Waals surface area (Å²) in [5, 5.41) is 10.9. The van der Waals surface area contributed by atoms with Crippen LogP contribution >= 0.6 is 24.0 Å². The average molecular weight is 277 g/mol. The van der Waals surface area contributed by atoms with Crippen molar-refractivity contribution in [3.05, 3.63) is 22.8 Å². The lowest BCUT2D eigenvalue weighted by Gasteiger charge is -2.09. The molecule has 16 heavy (non-hydrogen) atoms. The van der Waals surface area contributed by atoms with E-state index in [9.17, 15) is 13.2 Å². The number of halogens is 5. The van der Waals surface area contributed by atoms with E-state index in [0.717, 1.165) is 6.07 Å². The second kappa shape index (κ2) is 6.12. The molecular formula is C8H9Cl2F3N2O. The maximum Gasteiger partial charge on any atom is 0.417 e. The van der Waals surface area contributed by atoms with Gasteiger partial charge in [0.1, 0.15) is 5.82 Å². The highest BCUT2D eigenvalue weighted by molar-refractivity contribution is 6.32. The fourth-order valence-electron chi connectivity index (χ4n) is 0.897. The molecule has 0 saturated carbocycles. The number of nitrogens with one attached hydrogen (secondary N) is 1. The molecule has 0 aliphatic heterocycles. The van der Waals surface area contributed by atoms with Gasteiger partial charge in [0.25, 0.3) is 0 Å². The number of rotatable bonds is 3. The van der Waals surface area contributed by atoms with Crippen molar-refractivity contribution in [2.45, 2.75) is 6.18 Å². The quantitative estimate of drug-likeness (QED) is 0.892. The lowest BCUT2D eigenvalue weighted by atomic mass is 10.3. The fourth-order valence-corrected chi connectivity index (χ4v) is 1.13. The molecule has 2 N–H and O–H groups in total. The normalized spacial score (nSPS) is 10.8. The Kier molecular flexibility index (Phi) is 5.85. The van der Waals surface area contributed by atoms with E-state index < -0.39 is 11.7 Å². The minimum Gasteiger partial charge on any atom is -0.395 e. The third-order valence-corrected chi connectivity index (χ3v) is 1.86. The smallest absolute Gasteiger partial charge is 0.395 e. The Morgan fingerprint density at radius 2 is 2.06 bits per heavy atom. The maximum atomic E-state index is 12.2. The number of aromatic nitrogens is 1. The second-order valence-corrected chi connectivity index (χ2v) is 3.11. The van der Waals surface area contributed by atoms with Crippen LogP contribution in [0.4, 0.5) is 19.0 Å². The summed E-state index contributed by atoms with van der Waals surface area (Å²) in [5.41, 5.74) is -0.901. The van der Waals surface area contributed by atoms with Crippen molar-refractivity contribution in [3.63, 3.8) is 0 Å². The van der Waals surface area contributed by atoms with Gasteiger partial charge in [-0.15, -0.1) is 12.4 Å². The van der Waals surface area contributed by atoms with Gasteiger partial charge in [0.15, 0.2) is 0 Å². The predicted octanol–water partition coefficient (Wildman–Crippen LogP) is 2.58. The molecule has 1 rings (SSSR count). The minimum atomic E-state index is -4.45. The first-order valence-corrected chi connectivity index (χ1v) is 4.40. The number of anilines is 1. The van der Waals surface area contributed by atoms with Gasteiger partial charge in [0.2, 0.25) is 0 Å². The summed E-state index contributed by atoms with van der Waals surface area (Å²) >= 11 is 5.56. The number of aliphatic hydroxyl groups is 1. The summed E-state index contributed by atoms with van der Waals surface area (Å²) in [4.78, 5) is 3.51. The van der Waals surface area contributed by atoms with E-state index in [1.165, 1.54) is 0 Å². The highest BCUT2D eigenvalue weighted by atomic mass is 35.5. The zero-order valence-corrected chi connectivity index (χ0v) is 9.46. The monoisotopic (exact) mass is 276 g/mol. The van der Waals surface area contributed by atoms with E-state index in [4.69, 9.17) is 16.7 Å². The molecule has 0 aliphatic carbocycles. The molecule has 0 unspecified atom stereocenters. The third-order valence-electron chi connectivity index (χ3n) is 1.57. The van der Waals surface area contributed by atoms with Crippen LogP contribution in [0.15, 0.2) is 12.3 Å². The van der Waals surface area contributed by atoms with Crippen molar-refractivity contribution in [2.24, 2.45) is 0 Å². The second-order valence-electron chi connectivity index (χ2n) is 2.70. The van der Waals surface area contributed by atoms with Gasteiger partial charge >= 0.3 is 6.18 Å². The molecule has 0 aliphatic rings. The molecule has 0 atom stereocenters. The van der Waals surface area contributed by atoms with Gasteiger partial charge in [-0.25, -0.2) is 4.98 Å². The zero-order chi connectivity index (χ0) is 11.5. The van der Waals surface area contributed by atoms with Crippen LogP contribution < -0.4 is 5.32 Å².